The van der Waals surface area contributed by atoms with Gasteiger partial charge in [0.1, 0.15) is 8.07 Å². The molecule has 0 aliphatic heterocycles. The predicted molar refractivity (Wildman–Crippen MR) is 79.1 cm³/mol. The smallest absolute Gasteiger partial charge is 0.0623 e. The number of rotatable bonds is 2. The molecule has 0 unspecified atom stereocenters. The van der Waals surface area contributed by atoms with Crippen LogP contribution in [0, 0.1) is 13.8 Å². The van der Waals surface area contributed by atoms with Crippen LogP contribution in [0.25, 0.3) is 0 Å². The minimum atomic E-state index is -1.50. The van der Waals surface area contributed by atoms with Gasteiger partial charge in [-0.2, -0.15) is 0 Å². The summed E-state index contributed by atoms with van der Waals surface area (Å²) < 4.78 is 0. The van der Waals surface area contributed by atoms with Gasteiger partial charge in [-0.3, -0.25) is 0 Å². The molecule has 2 aromatic carbocycles. The van der Waals surface area contributed by atoms with Gasteiger partial charge in [0.25, 0.3) is 0 Å². The molecule has 2 aromatic rings. The minimum Gasteiger partial charge on any atom is -0.0623 e. The van der Waals surface area contributed by atoms with Crippen molar-refractivity contribution in [3.63, 3.8) is 0 Å². The third-order valence-corrected chi connectivity index (χ3v) is 7.10. The summed E-state index contributed by atoms with van der Waals surface area (Å²) in [5.41, 5.74) is 2.67. The Morgan fingerprint density at radius 1 is 0.588 bits per heavy atom. The van der Waals surface area contributed by atoms with Gasteiger partial charge in [0, 0.05) is 0 Å². The van der Waals surface area contributed by atoms with E-state index in [-0.39, 0.29) is 0 Å². The van der Waals surface area contributed by atoms with Gasteiger partial charge in [-0.1, -0.05) is 83.1 Å². The lowest BCUT2D eigenvalue weighted by atomic mass is 10.2. The summed E-state index contributed by atoms with van der Waals surface area (Å²) in [6.07, 6.45) is 0. The second-order valence-corrected chi connectivity index (χ2v) is 9.76. The Morgan fingerprint density at radius 2 is 0.882 bits per heavy atom. The first-order valence-corrected chi connectivity index (χ1v) is 9.14. The first-order valence-electron chi connectivity index (χ1n) is 6.14. The van der Waals surface area contributed by atoms with E-state index in [2.05, 4.69) is 75.5 Å². The first-order chi connectivity index (χ1) is 8.00. The van der Waals surface area contributed by atoms with E-state index in [1.54, 1.807) is 0 Å². The van der Waals surface area contributed by atoms with Crippen molar-refractivity contribution >= 4 is 18.4 Å². The summed E-state index contributed by atoms with van der Waals surface area (Å²) in [4.78, 5) is 0. The van der Waals surface area contributed by atoms with Crippen molar-refractivity contribution in [1.29, 1.82) is 0 Å². The molecule has 0 saturated carbocycles. The summed E-state index contributed by atoms with van der Waals surface area (Å²) in [5.74, 6) is 0. The molecule has 0 heterocycles. The van der Waals surface area contributed by atoms with Gasteiger partial charge in [-0.15, -0.1) is 0 Å². The lowest BCUT2D eigenvalue weighted by molar-refractivity contribution is 1.47. The summed E-state index contributed by atoms with van der Waals surface area (Å²) in [6.45, 7) is 9.12. The fourth-order valence-electron chi connectivity index (χ4n) is 2.11. The Bertz CT molecular complexity index is 445. The number of benzene rings is 2. The fraction of sp³-hybridized carbons (Fsp3) is 0.250. The van der Waals surface area contributed by atoms with Gasteiger partial charge in [0.15, 0.2) is 0 Å². The highest BCUT2D eigenvalue weighted by molar-refractivity contribution is 7.00. The van der Waals surface area contributed by atoms with Crippen molar-refractivity contribution in [3.05, 3.63) is 59.7 Å². The molecule has 0 N–H and O–H groups in total. The predicted octanol–water partition coefficient (Wildman–Crippen LogP) is 3.13. The zero-order chi connectivity index (χ0) is 12.5. The largest absolute Gasteiger partial charge is 0.112 e. The molecule has 0 atom stereocenters. The molecule has 0 nitrogen and oxygen atoms in total. The second kappa shape index (κ2) is 4.50. The van der Waals surface area contributed by atoms with E-state index in [0.717, 1.165) is 0 Å². The molecule has 88 valence electrons. The first kappa shape index (κ1) is 12.1. The van der Waals surface area contributed by atoms with Gasteiger partial charge < -0.3 is 0 Å². The maximum atomic E-state index is 2.42. The van der Waals surface area contributed by atoms with Crippen LogP contribution in [0.2, 0.25) is 13.1 Å². The minimum absolute atomic E-state index is 1.34. The van der Waals surface area contributed by atoms with Crippen LogP contribution in [-0.4, -0.2) is 8.07 Å². The van der Waals surface area contributed by atoms with Crippen LogP contribution in [0.15, 0.2) is 48.5 Å². The summed E-state index contributed by atoms with van der Waals surface area (Å²) in [5, 5.41) is 3.01. The van der Waals surface area contributed by atoms with Crippen LogP contribution in [0.5, 0.6) is 0 Å². The Hall–Kier alpha value is -1.34. The molecule has 1 heteroatoms. The molecular weight excluding hydrogens is 220 g/mol. The SMILES string of the molecule is Cc1ccc([Si](C)(C)c2ccc(C)cc2)cc1. The molecule has 0 bridgehead atoms. The highest BCUT2D eigenvalue weighted by Gasteiger charge is 2.25. The third kappa shape index (κ3) is 2.50. The number of hydrogen-bond acceptors (Lipinski definition) is 0. The maximum absolute atomic E-state index is 2.42. The highest BCUT2D eigenvalue weighted by Crippen LogP contribution is 2.07. The monoisotopic (exact) mass is 240 g/mol. The summed E-state index contributed by atoms with van der Waals surface area (Å²) in [6, 6.07) is 18.1. The van der Waals surface area contributed by atoms with Crippen molar-refractivity contribution in [1.82, 2.24) is 0 Å². The Morgan fingerprint density at radius 3 is 1.18 bits per heavy atom. The van der Waals surface area contributed by atoms with Crippen molar-refractivity contribution in [2.24, 2.45) is 0 Å². The quantitative estimate of drug-likeness (QED) is 0.708. The van der Waals surface area contributed by atoms with Crippen LogP contribution in [-0.2, 0) is 0 Å². The van der Waals surface area contributed by atoms with Crippen molar-refractivity contribution < 1.29 is 0 Å². The van der Waals surface area contributed by atoms with E-state index >= 15 is 0 Å². The maximum Gasteiger partial charge on any atom is 0.112 e. The summed E-state index contributed by atoms with van der Waals surface area (Å²) >= 11 is 0. The standard InChI is InChI=1S/C16H20Si/c1-13-5-9-15(10-6-13)17(3,4)16-11-7-14(2)8-12-16/h5-12H,1-4H3. The van der Waals surface area contributed by atoms with E-state index in [9.17, 15) is 0 Å². The highest BCUT2D eigenvalue weighted by atomic mass is 28.3. The molecule has 0 aromatic heterocycles. The van der Waals surface area contributed by atoms with Gasteiger partial charge >= 0.3 is 0 Å². The Labute approximate surface area is 105 Å². The molecule has 0 radical (unpaired) electrons. The Balaban J connectivity index is 2.41. The average Bonchev–Trinajstić information content (AvgIpc) is 2.30. The average molecular weight is 240 g/mol. The second-order valence-electron chi connectivity index (χ2n) is 5.36. The van der Waals surface area contributed by atoms with Crippen molar-refractivity contribution in [3.8, 4) is 0 Å². The van der Waals surface area contributed by atoms with Gasteiger partial charge in [-0.05, 0) is 13.8 Å². The normalized spacial score (nSPS) is 11.5. The van der Waals surface area contributed by atoms with E-state index in [0.29, 0.717) is 0 Å². The van der Waals surface area contributed by atoms with Crippen molar-refractivity contribution in [2.45, 2.75) is 26.9 Å². The molecule has 0 fully saturated rings. The van der Waals surface area contributed by atoms with Gasteiger partial charge in [-0.25, -0.2) is 0 Å². The Kier molecular flexibility index (Phi) is 3.21. The molecule has 0 amide bonds. The molecular formula is C16H20Si. The molecule has 0 saturated heterocycles. The summed E-state index contributed by atoms with van der Waals surface area (Å²) in [7, 11) is -1.50. The molecule has 0 aliphatic rings. The van der Waals surface area contributed by atoms with Crippen LogP contribution < -0.4 is 10.4 Å². The van der Waals surface area contributed by atoms with Crippen LogP contribution >= 0.6 is 0 Å². The van der Waals surface area contributed by atoms with Crippen LogP contribution in [0.3, 0.4) is 0 Å². The lowest BCUT2D eigenvalue weighted by Gasteiger charge is -2.24. The molecule has 0 spiro atoms. The molecule has 17 heavy (non-hydrogen) atoms. The molecule has 2 rings (SSSR count). The van der Waals surface area contributed by atoms with E-state index < -0.39 is 8.07 Å². The van der Waals surface area contributed by atoms with Crippen molar-refractivity contribution in [2.75, 3.05) is 0 Å². The molecule has 0 aliphatic carbocycles. The van der Waals surface area contributed by atoms with Gasteiger partial charge in [0.05, 0.1) is 0 Å². The van der Waals surface area contributed by atoms with Crippen LogP contribution in [0.1, 0.15) is 11.1 Å². The van der Waals surface area contributed by atoms with E-state index in [1.165, 1.54) is 21.5 Å². The topological polar surface area (TPSA) is 0 Å². The van der Waals surface area contributed by atoms with Gasteiger partial charge in [0.2, 0.25) is 0 Å². The number of hydrogen-bond donors (Lipinski definition) is 0. The van der Waals surface area contributed by atoms with E-state index in [4.69, 9.17) is 0 Å². The number of aryl methyl sites for hydroxylation is 2. The lowest BCUT2D eigenvalue weighted by Crippen LogP contribution is -2.52. The van der Waals surface area contributed by atoms with E-state index in [1.807, 2.05) is 0 Å². The third-order valence-electron chi connectivity index (χ3n) is 3.55. The van der Waals surface area contributed by atoms with Crippen LogP contribution in [0.4, 0.5) is 0 Å². The zero-order valence-electron chi connectivity index (χ0n) is 11.1. The fourth-order valence-corrected chi connectivity index (χ4v) is 4.44. The zero-order valence-corrected chi connectivity index (χ0v) is 12.1.